The maximum Gasteiger partial charge on any atom is 0.313 e. The Balaban J connectivity index is 1.82. The van der Waals surface area contributed by atoms with Gasteiger partial charge in [0.1, 0.15) is 17.6 Å². The molecule has 8 heteroatoms. The second-order valence-electron chi connectivity index (χ2n) is 9.36. The van der Waals surface area contributed by atoms with Crippen LogP contribution in [0, 0.1) is 11.8 Å². The van der Waals surface area contributed by atoms with Crippen molar-refractivity contribution in [1.82, 2.24) is 9.80 Å². The molecule has 0 aliphatic carbocycles. The van der Waals surface area contributed by atoms with Crippen molar-refractivity contribution in [3.05, 3.63) is 24.3 Å². The lowest BCUT2D eigenvalue weighted by atomic mass is 9.74. The van der Waals surface area contributed by atoms with E-state index in [0.717, 1.165) is 32.1 Å². The Labute approximate surface area is 189 Å². The van der Waals surface area contributed by atoms with Crippen LogP contribution < -0.4 is 0 Å². The number of cyclic esters (lactones) is 1. The van der Waals surface area contributed by atoms with Gasteiger partial charge in [0, 0.05) is 19.6 Å². The number of aliphatic hydroxyl groups excluding tert-OH is 1. The summed E-state index contributed by atoms with van der Waals surface area (Å²) in [5.74, 6) is -2.75. The van der Waals surface area contributed by atoms with Gasteiger partial charge >= 0.3 is 5.97 Å². The van der Waals surface area contributed by atoms with E-state index in [1.807, 2.05) is 31.2 Å². The number of allylic oxidation sites excluding steroid dienone is 1. The third-order valence-corrected chi connectivity index (χ3v) is 7.21. The van der Waals surface area contributed by atoms with Crippen LogP contribution in [0.15, 0.2) is 24.3 Å². The first-order chi connectivity index (χ1) is 15.4. The number of carbonyl (C=O) groups excluding carboxylic acids is 3. The van der Waals surface area contributed by atoms with E-state index < -0.39 is 35.0 Å². The summed E-state index contributed by atoms with van der Waals surface area (Å²) in [6.07, 6.45) is 11.9. The Hall–Kier alpha value is -2.19. The molecule has 0 saturated carbocycles. The van der Waals surface area contributed by atoms with Crippen molar-refractivity contribution in [3.63, 3.8) is 0 Å². The van der Waals surface area contributed by atoms with E-state index >= 15 is 0 Å². The number of unbranched alkanes of at least 4 members (excludes halogenated alkanes) is 1. The lowest BCUT2D eigenvalue weighted by molar-refractivity contribution is -0.160. The van der Waals surface area contributed by atoms with E-state index in [4.69, 9.17) is 9.47 Å². The van der Waals surface area contributed by atoms with E-state index in [0.29, 0.717) is 19.7 Å². The molecule has 4 heterocycles. The average molecular weight is 447 g/mol. The van der Waals surface area contributed by atoms with Crippen molar-refractivity contribution in [2.24, 2.45) is 11.8 Å². The number of nitrogens with zero attached hydrogens (tertiary/aromatic N) is 2. The van der Waals surface area contributed by atoms with E-state index in [-0.39, 0.29) is 25.0 Å². The van der Waals surface area contributed by atoms with Gasteiger partial charge in [0.05, 0.1) is 24.7 Å². The predicted octanol–water partition coefficient (Wildman–Crippen LogP) is 1.43. The largest absolute Gasteiger partial charge is 0.465 e. The van der Waals surface area contributed by atoms with Crippen LogP contribution in [-0.2, 0) is 23.9 Å². The number of hydrogen-bond acceptors (Lipinski definition) is 6. The molecule has 2 amide bonds. The summed E-state index contributed by atoms with van der Waals surface area (Å²) >= 11 is 0. The van der Waals surface area contributed by atoms with Gasteiger partial charge in [-0.25, -0.2) is 0 Å². The summed E-state index contributed by atoms with van der Waals surface area (Å²) < 4.78 is 12.2. The first-order valence-electron chi connectivity index (χ1n) is 11.8. The lowest BCUT2D eigenvalue weighted by Crippen LogP contribution is -2.56. The molecule has 2 fully saturated rings. The molecule has 4 aliphatic rings. The molecule has 176 valence electrons. The van der Waals surface area contributed by atoms with Crippen LogP contribution in [0.25, 0.3) is 0 Å². The molecule has 32 heavy (non-hydrogen) atoms. The van der Waals surface area contributed by atoms with Crippen molar-refractivity contribution in [2.45, 2.75) is 63.2 Å². The second kappa shape index (κ2) is 8.98. The Bertz CT molecular complexity index is 825. The molecule has 1 spiro atoms. The molecule has 0 aromatic rings. The SMILES string of the molecule is CCCCN1CC=C[C@]23O[C@]4(C)/C=C\CCCCOC(=O)[C@@H]4[C@H]2C(=O)N(CCO)C3C1=O. The number of β-amino-alcohol motifs (C(OH)–C–C–N with tert-alkyl or cyclic N) is 1. The van der Waals surface area contributed by atoms with Gasteiger partial charge in [0.2, 0.25) is 11.8 Å². The second-order valence-corrected chi connectivity index (χ2v) is 9.36. The zero-order valence-electron chi connectivity index (χ0n) is 19.0. The zero-order valence-corrected chi connectivity index (χ0v) is 19.0. The number of ether oxygens (including phenoxy) is 2. The van der Waals surface area contributed by atoms with Gasteiger partial charge in [-0.05, 0) is 32.6 Å². The van der Waals surface area contributed by atoms with E-state index in [1.165, 1.54) is 4.90 Å². The molecule has 0 aromatic carbocycles. The van der Waals surface area contributed by atoms with Crippen molar-refractivity contribution in [2.75, 3.05) is 32.8 Å². The maximum absolute atomic E-state index is 13.7. The van der Waals surface area contributed by atoms with Crippen molar-refractivity contribution in [3.8, 4) is 0 Å². The first kappa shape index (κ1) is 23.0. The molecule has 8 nitrogen and oxygen atoms in total. The minimum atomic E-state index is -1.28. The number of likely N-dealkylation sites (tertiary alicyclic amines) is 1. The molecule has 1 N–H and O–H groups in total. The van der Waals surface area contributed by atoms with Crippen molar-refractivity contribution >= 4 is 17.8 Å². The minimum Gasteiger partial charge on any atom is -0.465 e. The third kappa shape index (κ3) is 3.57. The van der Waals surface area contributed by atoms with Crippen LogP contribution in [-0.4, -0.2) is 82.8 Å². The van der Waals surface area contributed by atoms with Crippen LogP contribution >= 0.6 is 0 Å². The number of fused-ring (bicyclic) bond motifs is 2. The molecule has 4 aliphatic heterocycles. The Morgan fingerprint density at radius 2 is 1.91 bits per heavy atom. The maximum atomic E-state index is 13.7. The third-order valence-electron chi connectivity index (χ3n) is 7.21. The molecule has 0 aromatic heterocycles. The lowest BCUT2D eigenvalue weighted by Gasteiger charge is -2.37. The number of rotatable bonds is 5. The average Bonchev–Trinajstić information content (AvgIpc) is 3.08. The summed E-state index contributed by atoms with van der Waals surface area (Å²) in [6, 6.07) is -0.918. The highest BCUT2D eigenvalue weighted by atomic mass is 16.6. The molecular formula is C24H34N2O6. The van der Waals surface area contributed by atoms with Gasteiger partial charge in [0.25, 0.3) is 0 Å². The number of hydrogen-bond donors (Lipinski definition) is 1. The Morgan fingerprint density at radius 3 is 2.66 bits per heavy atom. The topological polar surface area (TPSA) is 96.4 Å². The fraction of sp³-hybridized carbons (Fsp3) is 0.708. The van der Waals surface area contributed by atoms with Crippen LogP contribution in [0.3, 0.4) is 0 Å². The highest BCUT2D eigenvalue weighted by Gasteiger charge is 2.74. The van der Waals surface area contributed by atoms with Gasteiger partial charge in [-0.2, -0.15) is 0 Å². The molecule has 2 saturated heterocycles. The number of esters is 1. The summed E-state index contributed by atoms with van der Waals surface area (Å²) in [5.41, 5.74) is -2.34. The van der Waals surface area contributed by atoms with Crippen LogP contribution in [0.5, 0.6) is 0 Å². The number of carbonyl (C=O) groups is 3. The summed E-state index contributed by atoms with van der Waals surface area (Å²) in [4.78, 5) is 43.8. The van der Waals surface area contributed by atoms with Crippen molar-refractivity contribution < 1.29 is 29.0 Å². The standard InChI is InChI=1S/C24H34N2O6/c1-3-4-12-25-13-9-11-24-17(20(28)26(14-15-27)19(24)21(25)29)18-22(30)31-16-8-6-5-7-10-23(18,2)32-24/h7,9-11,17-19,27H,3-6,8,12-16H2,1-2H3/b10-7-/t17-,18-,19?,23+,24-/m0/s1. The van der Waals surface area contributed by atoms with E-state index in [9.17, 15) is 19.5 Å². The van der Waals surface area contributed by atoms with Gasteiger partial charge in [-0.15, -0.1) is 0 Å². The summed E-state index contributed by atoms with van der Waals surface area (Å²) in [5, 5.41) is 9.66. The van der Waals surface area contributed by atoms with Gasteiger partial charge in [0.15, 0.2) is 0 Å². The van der Waals surface area contributed by atoms with E-state index in [2.05, 4.69) is 6.92 Å². The normalized spacial score (nSPS) is 38.1. The zero-order chi connectivity index (χ0) is 22.9. The van der Waals surface area contributed by atoms with Crippen LogP contribution in [0.2, 0.25) is 0 Å². The smallest absolute Gasteiger partial charge is 0.313 e. The molecule has 0 radical (unpaired) electrons. The highest BCUT2D eigenvalue weighted by Crippen LogP contribution is 2.56. The molecule has 1 unspecified atom stereocenters. The van der Waals surface area contributed by atoms with Gasteiger partial charge in [-0.1, -0.05) is 37.6 Å². The highest BCUT2D eigenvalue weighted by molar-refractivity contribution is 5.99. The molecular weight excluding hydrogens is 412 g/mol. The number of amides is 2. The minimum absolute atomic E-state index is 0.0145. The van der Waals surface area contributed by atoms with Gasteiger partial charge < -0.3 is 24.4 Å². The fourth-order valence-corrected chi connectivity index (χ4v) is 5.74. The molecule has 0 bridgehead atoms. The quantitative estimate of drug-likeness (QED) is 0.507. The molecule has 5 atom stereocenters. The fourth-order valence-electron chi connectivity index (χ4n) is 5.74. The summed E-state index contributed by atoms with van der Waals surface area (Å²) in [7, 11) is 0. The van der Waals surface area contributed by atoms with Gasteiger partial charge in [-0.3, -0.25) is 14.4 Å². The number of aliphatic hydroxyl groups is 1. The predicted molar refractivity (Wildman–Crippen MR) is 116 cm³/mol. The Kier molecular flexibility index (Phi) is 6.45. The summed E-state index contributed by atoms with van der Waals surface area (Å²) in [6.45, 7) is 4.92. The van der Waals surface area contributed by atoms with E-state index in [1.54, 1.807) is 4.90 Å². The van der Waals surface area contributed by atoms with Crippen LogP contribution in [0.1, 0.15) is 46.0 Å². The monoisotopic (exact) mass is 446 g/mol. The Morgan fingerprint density at radius 1 is 1.09 bits per heavy atom. The first-order valence-corrected chi connectivity index (χ1v) is 11.8. The van der Waals surface area contributed by atoms with Crippen molar-refractivity contribution in [1.29, 1.82) is 0 Å². The van der Waals surface area contributed by atoms with Crippen LogP contribution in [0.4, 0.5) is 0 Å². The molecule has 4 rings (SSSR count).